The zero-order chi connectivity index (χ0) is 17.5. The van der Waals surface area contributed by atoms with E-state index >= 15 is 0 Å². The van der Waals surface area contributed by atoms with Crippen molar-refractivity contribution >= 4 is 34.4 Å². The molecule has 0 amide bonds. The number of carbonyl (C=O) groups excluding carboxylic acids is 1. The number of hydrogen-bond donors (Lipinski definition) is 1. The Labute approximate surface area is 151 Å². The molecule has 24 heavy (non-hydrogen) atoms. The first-order chi connectivity index (χ1) is 11.5. The molecule has 0 saturated carbocycles. The van der Waals surface area contributed by atoms with Crippen LogP contribution in [0.15, 0.2) is 48.5 Å². The summed E-state index contributed by atoms with van der Waals surface area (Å²) in [6.07, 6.45) is 1.39. The topological polar surface area (TPSA) is 54.4 Å². The van der Waals surface area contributed by atoms with Gasteiger partial charge in [-0.3, -0.25) is 9.59 Å². The smallest absolute Gasteiger partial charge is 0.317 e. The van der Waals surface area contributed by atoms with Crippen LogP contribution < -0.4 is 0 Å². The molecule has 0 spiro atoms. The Morgan fingerprint density at radius 3 is 2.38 bits per heavy atom. The van der Waals surface area contributed by atoms with Crippen LogP contribution in [0.2, 0.25) is 5.02 Å². The Bertz CT molecular complexity index is 713. The summed E-state index contributed by atoms with van der Waals surface area (Å²) in [4.78, 5) is 22.7. The second-order valence-corrected chi connectivity index (χ2v) is 7.05. The maximum absolute atomic E-state index is 11.5. The van der Waals surface area contributed by atoms with Crippen molar-refractivity contribution < 1.29 is 14.7 Å². The maximum Gasteiger partial charge on any atom is 0.317 e. The van der Waals surface area contributed by atoms with Crippen molar-refractivity contribution in [3.8, 4) is 11.1 Å². The molecule has 1 N–H and O–H groups in total. The van der Waals surface area contributed by atoms with Gasteiger partial charge in [0.05, 0.1) is 0 Å². The third-order valence-corrected chi connectivity index (χ3v) is 5.27. The molecule has 0 aliphatic rings. The lowest BCUT2D eigenvalue weighted by molar-refractivity contribution is -0.136. The Kier molecular flexibility index (Phi) is 6.88. The van der Waals surface area contributed by atoms with Crippen LogP contribution in [0.1, 0.15) is 25.3 Å². The van der Waals surface area contributed by atoms with Gasteiger partial charge in [0.15, 0.2) is 5.12 Å². The quantitative estimate of drug-likeness (QED) is 0.747. The van der Waals surface area contributed by atoms with Gasteiger partial charge in [0.1, 0.15) is 5.25 Å². The van der Waals surface area contributed by atoms with E-state index in [-0.39, 0.29) is 5.12 Å². The number of carboxylic acids is 1. The molecule has 0 heterocycles. The highest BCUT2D eigenvalue weighted by Crippen LogP contribution is 2.28. The molecule has 2 rings (SSSR count). The van der Waals surface area contributed by atoms with Crippen LogP contribution in [0.5, 0.6) is 0 Å². The molecule has 1 atom stereocenters. The van der Waals surface area contributed by atoms with Crippen molar-refractivity contribution in [3.63, 3.8) is 0 Å². The van der Waals surface area contributed by atoms with E-state index in [4.69, 9.17) is 11.6 Å². The third-order valence-electron chi connectivity index (χ3n) is 3.67. The predicted octanol–water partition coefficient (Wildman–Crippen LogP) is 5.06. The molecule has 0 bridgehead atoms. The number of aliphatic carboxylic acids is 1. The van der Waals surface area contributed by atoms with Gasteiger partial charge in [0, 0.05) is 17.0 Å². The standard InChI is InChI=1S/C19H19ClO3S/c1-2-18(21)24-17(19(22)23)12-9-13-7-10-14(11-8-13)15-5-3-4-6-16(15)20/h3-8,10-11,17H,2,9,12H2,1H3,(H,22,23). The first kappa shape index (κ1) is 18.6. The van der Waals surface area contributed by atoms with E-state index in [0.717, 1.165) is 28.5 Å². The molecule has 2 aromatic rings. The average molecular weight is 363 g/mol. The van der Waals surface area contributed by atoms with Crippen LogP contribution >= 0.6 is 23.4 Å². The van der Waals surface area contributed by atoms with Crippen LogP contribution in [0.25, 0.3) is 11.1 Å². The van der Waals surface area contributed by atoms with Gasteiger partial charge in [0.2, 0.25) is 0 Å². The molecule has 0 aliphatic heterocycles. The second kappa shape index (κ2) is 8.90. The van der Waals surface area contributed by atoms with E-state index < -0.39 is 11.2 Å². The number of carbonyl (C=O) groups is 2. The fourth-order valence-corrected chi connectivity index (χ4v) is 3.38. The zero-order valence-corrected chi connectivity index (χ0v) is 14.9. The molecular formula is C19H19ClO3S. The normalized spacial score (nSPS) is 11.9. The monoisotopic (exact) mass is 362 g/mol. The number of thioether (sulfide) groups is 1. The molecule has 5 heteroatoms. The van der Waals surface area contributed by atoms with Crippen LogP contribution in [0.4, 0.5) is 0 Å². The first-order valence-electron chi connectivity index (χ1n) is 7.77. The van der Waals surface area contributed by atoms with Gasteiger partial charge in [-0.05, 0) is 30.0 Å². The summed E-state index contributed by atoms with van der Waals surface area (Å²) in [5.74, 6) is -0.936. The minimum absolute atomic E-state index is 0.0866. The van der Waals surface area contributed by atoms with Crippen molar-refractivity contribution in [2.45, 2.75) is 31.4 Å². The van der Waals surface area contributed by atoms with Gasteiger partial charge >= 0.3 is 5.97 Å². The van der Waals surface area contributed by atoms with E-state index in [0.29, 0.717) is 24.3 Å². The van der Waals surface area contributed by atoms with Crippen LogP contribution in [0.3, 0.4) is 0 Å². The fraction of sp³-hybridized carbons (Fsp3) is 0.263. The van der Waals surface area contributed by atoms with Crippen molar-refractivity contribution in [1.82, 2.24) is 0 Å². The first-order valence-corrected chi connectivity index (χ1v) is 9.03. The maximum atomic E-state index is 11.5. The minimum atomic E-state index is -0.936. The lowest BCUT2D eigenvalue weighted by Crippen LogP contribution is -2.19. The van der Waals surface area contributed by atoms with Gasteiger partial charge < -0.3 is 5.11 Å². The van der Waals surface area contributed by atoms with E-state index in [1.807, 2.05) is 48.5 Å². The number of hydrogen-bond acceptors (Lipinski definition) is 3. The number of halogens is 1. The highest BCUT2D eigenvalue weighted by Gasteiger charge is 2.21. The van der Waals surface area contributed by atoms with Crippen LogP contribution in [-0.2, 0) is 16.0 Å². The lowest BCUT2D eigenvalue weighted by atomic mass is 10.0. The van der Waals surface area contributed by atoms with Gasteiger partial charge in [-0.2, -0.15) is 0 Å². The van der Waals surface area contributed by atoms with Gasteiger partial charge in [-0.15, -0.1) is 0 Å². The molecule has 0 aromatic heterocycles. The Balaban J connectivity index is 2.02. The Morgan fingerprint density at radius 1 is 1.12 bits per heavy atom. The number of carboxylic acid groups (broad SMARTS) is 1. The molecule has 0 aliphatic carbocycles. The summed E-state index contributed by atoms with van der Waals surface area (Å²) in [5.41, 5.74) is 3.04. The summed E-state index contributed by atoms with van der Waals surface area (Å²) >= 11 is 7.12. The van der Waals surface area contributed by atoms with Crippen molar-refractivity contribution in [3.05, 3.63) is 59.1 Å². The molecule has 1 unspecified atom stereocenters. The Morgan fingerprint density at radius 2 is 1.79 bits per heavy atom. The van der Waals surface area contributed by atoms with E-state index in [2.05, 4.69) is 0 Å². The molecule has 0 saturated heterocycles. The predicted molar refractivity (Wildman–Crippen MR) is 99.5 cm³/mol. The minimum Gasteiger partial charge on any atom is -0.480 e. The van der Waals surface area contributed by atoms with Gasteiger partial charge in [-0.1, -0.05) is 72.8 Å². The summed E-state index contributed by atoms with van der Waals surface area (Å²) in [5, 5.41) is 9.15. The van der Waals surface area contributed by atoms with E-state index in [1.165, 1.54) is 0 Å². The zero-order valence-electron chi connectivity index (χ0n) is 13.4. The van der Waals surface area contributed by atoms with E-state index in [9.17, 15) is 14.7 Å². The SMILES string of the molecule is CCC(=O)SC(CCc1ccc(-c2ccccc2Cl)cc1)C(=O)O. The van der Waals surface area contributed by atoms with Crippen molar-refractivity contribution in [2.75, 3.05) is 0 Å². The van der Waals surface area contributed by atoms with Gasteiger partial charge in [-0.25, -0.2) is 0 Å². The van der Waals surface area contributed by atoms with E-state index in [1.54, 1.807) is 6.92 Å². The summed E-state index contributed by atoms with van der Waals surface area (Å²) in [7, 11) is 0. The Hall–Kier alpha value is -1.78. The average Bonchev–Trinajstić information content (AvgIpc) is 2.59. The number of benzene rings is 2. The third kappa shape index (κ3) is 5.11. The summed E-state index contributed by atoms with van der Waals surface area (Å²) < 4.78 is 0. The molecule has 126 valence electrons. The van der Waals surface area contributed by atoms with Crippen LogP contribution in [-0.4, -0.2) is 21.4 Å². The molecule has 2 aromatic carbocycles. The molecule has 0 fully saturated rings. The number of rotatable bonds is 7. The molecule has 3 nitrogen and oxygen atoms in total. The molecular weight excluding hydrogens is 344 g/mol. The summed E-state index contributed by atoms with van der Waals surface area (Å²) in [6, 6.07) is 15.6. The molecule has 0 radical (unpaired) electrons. The number of aryl methyl sites for hydroxylation is 1. The largest absolute Gasteiger partial charge is 0.480 e. The fourth-order valence-electron chi connectivity index (χ4n) is 2.32. The second-order valence-electron chi connectivity index (χ2n) is 5.39. The highest BCUT2D eigenvalue weighted by molar-refractivity contribution is 8.14. The lowest BCUT2D eigenvalue weighted by Gasteiger charge is -2.11. The van der Waals surface area contributed by atoms with Crippen molar-refractivity contribution in [1.29, 1.82) is 0 Å². The summed E-state index contributed by atoms with van der Waals surface area (Å²) in [6.45, 7) is 1.74. The van der Waals surface area contributed by atoms with Crippen molar-refractivity contribution in [2.24, 2.45) is 0 Å². The highest BCUT2D eigenvalue weighted by atomic mass is 35.5. The van der Waals surface area contributed by atoms with Crippen LogP contribution in [0, 0.1) is 0 Å². The van der Waals surface area contributed by atoms with Gasteiger partial charge in [0.25, 0.3) is 0 Å².